The van der Waals surface area contributed by atoms with Gasteiger partial charge < -0.3 is 4.74 Å². The summed E-state index contributed by atoms with van der Waals surface area (Å²) in [6.45, 7) is 3.33. The number of halogens is 3. The summed E-state index contributed by atoms with van der Waals surface area (Å²) in [7, 11) is -7.69. The molecular weight excluding hydrogens is 467 g/mol. The molecule has 1 aromatic heterocycles. The number of nitrogens with zero attached hydrogens (tertiary/aromatic N) is 1. The van der Waals surface area contributed by atoms with E-state index in [1.165, 1.54) is 19.2 Å². The maximum absolute atomic E-state index is 13.9. The highest BCUT2D eigenvalue weighted by Gasteiger charge is 2.46. The molecule has 0 bridgehead atoms. The summed E-state index contributed by atoms with van der Waals surface area (Å²) in [5.41, 5.74) is 0.320. The molecular formula is C21H24F3NO5S2. The van der Waals surface area contributed by atoms with Crippen molar-refractivity contribution in [3.63, 3.8) is 0 Å². The van der Waals surface area contributed by atoms with Gasteiger partial charge in [-0.2, -0.15) is 0 Å². The van der Waals surface area contributed by atoms with E-state index in [1.54, 1.807) is 0 Å². The van der Waals surface area contributed by atoms with Crippen molar-refractivity contribution >= 4 is 19.7 Å². The summed E-state index contributed by atoms with van der Waals surface area (Å²) in [4.78, 5) is 3.79. The predicted molar refractivity (Wildman–Crippen MR) is 112 cm³/mol. The smallest absolute Gasteiger partial charge is 0.263 e. The van der Waals surface area contributed by atoms with E-state index in [0.717, 1.165) is 18.4 Å². The number of ether oxygens (including phenoxy) is 1. The average molecular weight is 492 g/mol. The van der Waals surface area contributed by atoms with Crippen LogP contribution in [-0.4, -0.2) is 39.4 Å². The zero-order valence-corrected chi connectivity index (χ0v) is 19.4. The third-order valence-electron chi connectivity index (χ3n) is 5.76. The number of pyridine rings is 1. The standard InChI is InChI=1S/C21H24F3NO5S2/c1-4-13-8-17(31(3,26)27)12-25-19(13)18-11-21(2,5-6-30-18)32(28,29)16-9-14(20(23)24)7-15(22)10-16/h7-10,12,18,20H,4-6,11H2,1-3H3. The van der Waals surface area contributed by atoms with Crippen LogP contribution in [-0.2, 0) is 30.8 Å². The third kappa shape index (κ3) is 4.69. The van der Waals surface area contributed by atoms with Crippen LogP contribution >= 0.6 is 0 Å². The Morgan fingerprint density at radius 2 is 1.84 bits per heavy atom. The monoisotopic (exact) mass is 491 g/mol. The van der Waals surface area contributed by atoms with E-state index in [4.69, 9.17) is 4.74 Å². The second kappa shape index (κ2) is 8.75. The molecule has 1 fully saturated rings. The first-order valence-corrected chi connectivity index (χ1v) is 13.3. The second-order valence-electron chi connectivity index (χ2n) is 8.13. The summed E-state index contributed by atoms with van der Waals surface area (Å²) in [6, 6.07) is 3.64. The van der Waals surface area contributed by atoms with Gasteiger partial charge in [-0.15, -0.1) is 0 Å². The normalized spacial score (nSPS) is 22.3. The Hall–Kier alpha value is -1.98. The van der Waals surface area contributed by atoms with Crippen molar-refractivity contribution in [1.29, 1.82) is 0 Å². The topological polar surface area (TPSA) is 90.4 Å². The van der Waals surface area contributed by atoms with Crippen LogP contribution in [0.1, 0.15) is 56.0 Å². The average Bonchev–Trinajstić information content (AvgIpc) is 2.72. The van der Waals surface area contributed by atoms with Crippen molar-refractivity contribution in [2.45, 2.75) is 60.2 Å². The molecule has 2 unspecified atom stereocenters. The summed E-state index contributed by atoms with van der Waals surface area (Å²) in [5, 5.41) is 0. The van der Waals surface area contributed by atoms with E-state index in [9.17, 15) is 30.0 Å². The molecule has 176 valence electrons. The van der Waals surface area contributed by atoms with Gasteiger partial charge in [0.15, 0.2) is 19.7 Å². The van der Waals surface area contributed by atoms with Crippen LogP contribution in [0, 0.1) is 5.82 Å². The lowest BCUT2D eigenvalue weighted by molar-refractivity contribution is -0.00274. The van der Waals surface area contributed by atoms with Crippen LogP contribution in [0.4, 0.5) is 13.2 Å². The molecule has 0 spiro atoms. The third-order valence-corrected chi connectivity index (χ3v) is 9.37. The summed E-state index contributed by atoms with van der Waals surface area (Å²) >= 11 is 0. The van der Waals surface area contributed by atoms with Gasteiger partial charge in [0.05, 0.1) is 20.2 Å². The first-order valence-electron chi connectivity index (χ1n) is 9.92. The number of alkyl halides is 2. The lowest BCUT2D eigenvalue weighted by Crippen LogP contribution is -2.42. The molecule has 32 heavy (non-hydrogen) atoms. The molecule has 0 aliphatic carbocycles. The van der Waals surface area contributed by atoms with Crippen molar-refractivity contribution < 1.29 is 34.7 Å². The van der Waals surface area contributed by atoms with E-state index >= 15 is 0 Å². The molecule has 0 radical (unpaired) electrons. The highest BCUT2D eigenvalue weighted by atomic mass is 32.2. The molecule has 0 saturated carbocycles. The highest BCUT2D eigenvalue weighted by Crippen LogP contribution is 2.43. The van der Waals surface area contributed by atoms with Gasteiger partial charge in [-0.05, 0) is 56.0 Å². The zero-order chi connectivity index (χ0) is 23.9. The quantitative estimate of drug-likeness (QED) is 0.601. The van der Waals surface area contributed by atoms with Gasteiger partial charge >= 0.3 is 0 Å². The Morgan fingerprint density at radius 3 is 2.44 bits per heavy atom. The molecule has 2 aromatic rings. The Bertz CT molecular complexity index is 1230. The Labute approximate surface area is 185 Å². The van der Waals surface area contributed by atoms with E-state index in [0.29, 0.717) is 23.7 Å². The number of rotatable bonds is 6. The van der Waals surface area contributed by atoms with Crippen molar-refractivity contribution in [3.8, 4) is 0 Å². The lowest BCUT2D eigenvalue weighted by Gasteiger charge is -2.38. The lowest BCUT2D eigenvalue weighted by atomic mass is 9.92. The summed E-state index contributed by atoms with van der Waals surface area (Å²) in [6.07, 6.45) is -1.03. The predicted octanol–water partition coefficient (Wildman–Crippen LogP) is 4.21. The van der Waals surface area contributed by atoms with Gasteiger partial charge in [0.2, 0.25) is 0 Å². The summed E-state index contributed by atoms with van der Waals surface area (Å²) < 4.78 is 94.9. The van der Waals surface area contributed by atoms with Crippen molar-refractivity contribution in [2.24, 2.45) is 0 Å². The molecule has 1 aliphatic rings. The SMILES string of the molecule is CCc1cc(S(C)(=O)=O)cnc1C1CC(C)(S(=O)(=O)c2cc(F)cc(C(F)F)c2)CCO1. The molecule has 1 aromatic carbocycles. The van der Waals surface area contributed by atoms with Gasteiger partial charge in [-0.1, -0.05) is 6.92 Å². The Balaban J connectivity index is 2.01. The van der Waals surface area contributed by atoms with E-state index in [2.05, 4.69) is 4.98 Å². The van der Waals surface area contributed by atoms with Gasteiger partial charge in [-0.25, -0.2) is 30.0 Å². The summed E-state index contributed by atoms with van der Waals surface area (Å²) in [5.74, 6) is -1.06. The number of sulfone groups is 2. The molecule has 1 aliphatic heterocycles. The largest absolute Gasteiger partial charge is 0.372 e. The molecule has 11 heteroatoms. The molecule has 0 amide bonds. The Kier molecular flexibility index (Phi) is 6.74. The van der Waals surface area contributed by atoms with Crippen LogP contribution in [0.15, 0.2) is 40.3 Å². The molecule has 2 heterocycles. The number of hydrogen-bond acceptors (Lipinski definition) is 6. The molecule has 0 N–H and O–H groups in total. The number of aryl methyl sites for hydroxylation is 1. The first kappa shape index (κ1) is 24.7. The van der Waals surface area contributed by atoms with E-state index < -0.39 is 53.2 Å². The number of hydrogen-bond donors (Lipinski definition) is 0. The van der Waals surface area contributed by atoms with Crippen LogP contribution in [0.3, 0.4) is 0 Å². The van der Waals surface area contributed by atoms with Crippen molar-refractivity contribution in [1.82, 2.24) is 4.98 Å². The fourth-order valence-electron chi connectivity index (χ4n) is 3.81. The molecule has 3 rings (SSSR count). The maximum atomic E-state index is 13.9. The fourth-order valence-corrected chi connectivity index (χ4v) is 6.27. The second-order valence-corrected chi connectivity index (χ2v) is 12.6. The van der Waals surface area contributed by atoms with Gasteiger partial charge in [-0.3, -0.25) is 4.98 Å². The molecule has 2 atom stereocenters. The van der Waals surface area contributed by atoms with Crippen molar-refractivity contribution in [2.75, 3.05) is 12.9 Å². The van der Waals surface area contributed by atoms with E-state index in [1.807, 2.05) is 6.92 Å². The molecule has 6 nitrogen and oxygen atoms in total. The van der Waals surface area contributed by atoms with Crippen LogP contribution < -0.4 is 0 Å². The Morgan fingerprint density at radius 1 is 1.16 bits per heavy atom. The van der Waals surface area contributed by atoms with E-state index in [-0.39, 0.29) is 24.3 Å². The molecule has 1 saturated heterocycles. The van der Waals surface area contributed by atoms with Gasteiger partial charge in [0.25, 0.3) is 6.43 Å². The minimum absolute atomic E-state index is 0.0450. The van der Waals surface area contributed by atoms with Crippen LogP contribution in [0.25, 0.3) is 0 Å². The number of aromatic nitrogens is 1. The minimum Gasteiger partial charge on any atom is -0.372 e. The fraction of sp³-hybridized carbons (Fsp3) is 0.476. The minimum atomic E-state index is -4.21. The maximum Gasteiger partial charge on any atom is 0.263 e. The van der Waals surface area contributed by atoms with Gasteiger partial charge in [0, 0.05) is 24.6 Å². The first-order chi connectivity index (χ1) is 14.8. The van der Waals surface area contributed by atoms with Crippen molar-refractivity contribution in [3.05, 3.63) is 53.1 Å². The highest BCUT2D eigenvalue weighted by molar-refractivity contribution is 7.92. The zero-order valence-electron chi connectivity index (χ0n) is 17.8. The van der Waals surface area contributed by atoms with Gasteiger partial charge in [0.1, 0.15) is 11.9 Å². The van der Waals surface area contributed by atoms with Crippen LogP contribution in [0.2, 0.25) is 0 Å². The number of benzene rings is 1. The van der Waals surface area contributed by atoms with Crippen LogP contribution in [0.5, 0.6) is 0 Å².